The van der Waals surface area contributed by atoms with Crippen molar-refractivity contribution in [2.45, 2.75) is 25.4 Å². The van der Waals surface area contributed by atoms with Gasteiger partial charge in [0.25, 0.3) is 0 Å². The number of aliphatic hydroxyl groups is 1. The number of benzene rings is 1. The molecule has 1 aliphatic heterocycles. The monoisotopic (exact) mass is 379 g/mol. The van der Waals surface area contributed by atoms with Gasteiger partial charge in [0.1, 0.15) is 5.82 Å². The lowest BCUT2D eigenvalue weighted by molar-refractivity contribution is 0.122. The van der Waals surface area contributed by atoms with E-state index in [4.69, 9.17) is 0 Å². The van der Waals surface area contributed by atoms with Gasteiger partial charge in [0.2, 0.25) is 10.0 Å². The van der Waals surface area contributed by atoms with E-state index >= 15 is 0 Å². The SMILES string of the molecule is CS(=O)(=O)N1CCCC(CC(O)c2cc(F)ccc2Br)C1. The van der Waals surface area contributed by atoms with E-state index in [-0.39, 0.29) is 5.92 Å². The van der Waals surface area contributed by atoms with Crippen LogP contribution in [0.3, 0.4) is 0 Å². The van der Waals surface area contributed by atoms with Crippen molar-refractivity contribution in [1.82, 2.24) is 4.31 Å². The Morgan fingerprint density at radius 2 is 2.24 bits per heavy atom. The number of hydrogen-bond acceptors (Lipinski definition) is 3. The van der Waals surface area contributed by atoms with E-state index in [0.29, 0.717) is 29.5 Å². The average molecular weight is 380 g/mol. The highest BCUT2D eigenvalue weighted by Gasteiger charge is 2.28. The Hall–Kier alpha value is -0.500. The van der Waals surface area contributed by atoms with Gasteiger partial charge in [0.05, 0.1) is 12.4 Å². The lowest BCUT2D eigenvalue weighted by Crippen LogP contribution is -2.39. The van der Waals surface area contributed by atoms with Gasteiger partial charge in [-0.2, -0.15) is 0 Å². The maximum atomic E-state index is 13.3. The molecule has 0 amide bonds. The molecule has 21 heavy (non-hydrogen) atoms. The van der Waals surface area contributed by atoms with Gasteiger partial charge in [-0.3, -0.25) is 0 Å². The first kappa shape index (κ1) is 16.9. The van der Waals surface area contributed by atoms with Crippen molar-refractivity contribution in [3.05, 3.63) is 34.1 Å². The second-order valence-electron chi connectivity index (χ2n) is 5.55. The quantitative estimate of drug-likeness (QED) is 0.874. The highest BCUT2D eigenvalue weighted by Crippen LogP contribution is 2.32. The molecule has 1 heterocycles. The summed E-state index contributed by atoms with van der Waals surface area (Å²) in [4.78, 5) is 0. The van der Waals surface area contributed by atoms with E-state index in [1.165, 1.54) is 22.7 Å². The molecule has 1 fully saturated rings. The fraction of sp³-hybridized carbons (Fsp3) is 0.571. The Morgan fingerprint density at radius 1 is 1.52 bits per heavy atom. The second-order valence-corrected chi connectivity index (χ2v) is 8.38. The maximum Gasteiger partial charge on any atom is 0.211 e. The molecule has 1 saturated heterocycles. The minimum atomic E-state index is -3.19. The summed E-state index contributed by atoms with van der Waals surface area (Å²) in [6, 6.07) is 4.20. The predicted molar refractivity (Wildman–Crippen MR) is 82.8 cm³/mol. The summed E-state index contributed by atoms with van der Waals surface area (Å²) in [6.45, 7) is 0.956. The van der Waals surface area contributed by atoms with Crippen LogP contribution in [0.25, 0.3) is 0 Å². The molecule has 1 N–H and O–H groups in total. The van der Waals surface area contributed by atoms with Gasteiger partial charge >= 0.3 is 0 Å². The first-order valence-electron chi connectivity index (χ1n) is 6.85. The number of piperidine rings is 1. The van der Waals surface area contributed by atoms with Crippen LogP contribution >= 0.6 is 15.9 Å². The molecule has 2 atom stereocenters. The molecule has 4 nitrogen and oxygen atoms in total. The molecule has 0 radical (unpaired) electrons. The second kappa shape index (κ2) is 6.73. The number of nitrogens with zero attached hydrogens (tertiary/aromatic N) is 1. The van der Waals surface area contributed by atoms with Crippen LogP contribution in [0, 0.1) is 11.7 Å². The van der Waals surface area contributed by atoms with Gasteiger partial charge in [-0.15, -0.1) is 0 Å². The number of aliphatic hydroxyl groups excluding tert-OH is 1. The van der Waals surface area contributed by atoms with Gasteiger partial charge in [-0.05, 0) is 48.9 Å². The molecule has 0 aromatic heterocycles. The zero-order chi connectivity index (χ0) is 15.6. The highest BCUT2D eigenvalue weighted by molar-refractivity contribution is 9.10. The summed E-state index contributed by atoms with van der Waals surface area (Å²) in [7, 11) is -3.19. The van der Waals surface area contributed by atoms with E-state index in [1.54, 1.807) is 6.07 Å². The van der Waals surface area contributed by atoms with Crippen LogP contribution in [0.1, 0.15) is 30.9 Å². The van der Waals surface area contributed by atoms with Crippen molar-refractivity contribution < 1.29 is 17.9 Å². The molecule has 1 aliphatic rings. The summed E-state index contributed by atoms with van der Waals surface area (Å²) in [5.74, 6) is -0.313. The summed E-state index contributed by atoms with van der Waals surface area (Å²) in [5, 5.41) is 10.3. The van der Waals surface area contributed by atoms with Crippen LogP contribution in [-0.2, 0) is 10.0 Å². The van der Waals surface area contributed by atoms with Crippen LogP contribution in [0.2, 0.25) is 0 Å². The number of sulfonamides is 1. The van der Waals surface area contributed by atoms with Gasteiger partial charge in [0.15, 0.2) is 0 Å². The van der Waals surface area contributed by atoms with Gasteiger partial charge < -0.3 is 5.11 Å². The van der Waals surface area contributed by atoms with Crippen LogP contribution in [-0.4, -0.2) is 37.2 Å². The minimum absolute atomic E-state index is 0.0821. The third kappa shape index (κ3) is 4.48. The Balaban J connectivity index is 2.05. The molecular weight excluding hydrogens is 361 g/mol. The molecule has 1 aromatic carbocycles. The molecule has 118 valence electrons. The third-order valence-electron chi connectivity index (χ3n) is 3.82. The molecule has 7 heteroatoms. The first-order valence-corrected chi connectivity index (χ1v) is 9.49. The molecule has 2 rings (SSSR count). The van der Waals surface area contributed by atoms with Crippen LogP contribution in [0.4, 0.5) is 4.39 Å². The van der Waals surface area contributed by atoms with E-state index in [1.807, 2.05) is 0 Å². The van der Waals surface area contributed by atoms with Crippen LogP contribution in [0.5, 0.6) is 0 Å². The van der Waals surface area contributed by atoms with Crippen LogP contribution in [0.15, 0.2) is 22.7 Å². The van der Waals surface area contributed by atoms with Gasteiger partial charge in [-0.25, -0.2) is 17.1 Å². The van der Waals surface area contributed by atoms with Crippen molar-refractivity contribution >= 4 is 26.0 Å². The number of hydrogen-bond donors (Lipinski definition) is 1. The normalized spacial score (nSPS) is 22.2. The summed E-state index contributed by atoms with van der Waals surface area (Å²) in [5.41, 5.74) is 0.506. The third-order valence-corrected chi connectivity index (χ3v) is 5.82. The predicted octanol–water partition coefficient (Wildman–Crippen LogP) is 2.68. The molecule has 0 aliphatic carbocycles. The van der Waals surface area contributed by atoms with Crippen molar-refractivity contribution in [3.63, 3.8) is 0 Å². The minimum Gasteiger partial charge on any atom is -0.388 e. The topological polar surface area (TPSA) is 57.6 Å². The fourth-order valence-electron chi connectivity index (χ4n) is 2.73. The largest absolute Gasteiger partial charge is 0.388 e. The van der Waals surface area contributed by atoms with Crippen molar-refractivity contribution in [2.75, 3.05) is 19.3 Å². The summed E-state index contributed by atoms with van der Waals surface area (Å²) in [6.07, 6.45) is 2.48. The van der Waals surface area contributed by atoms with Crippen LogP contribution < -0.4 is 0 Å². The zero-order valence-corrected chi connectivity index (χ0v) is 14.2. The Labute approximate surface area is 133 Å². The van der Waals surface area contributed by atoms with Crippen molar-refractivity contribution in [2.24, 2.45) is 5.92 Å². The first-order chi connectivity index (χ1) is 9.77. The Morgan fingerprint density at radius 3 is 2.90 bits per heavy atom. The number of rotatable bonds is 4. The zero-order valence-electron chi connectivity index (χ0n) is 11.8. The lowest BCUT2D eigenvalue weighted by atomic mass is 9.91. The molecule has 0 spiro atoms. The van der Waals surface area contributed by atoms with E-state index < -0.39 is 21.9 Å². The highest BCUT2D eigenvalue weighted by atomic mass is 79.9. The van der Waals surface area contributed by atoms with Gasteiger partial charge in [0, 0.05) is 17.6 Å². The van der Waals surface area contributed by atoms with Crippen molar-refractivity contribution in [3.8, 4) is 0 Å². The van der Waals surface area contributed by atoms with E-state index in [2.05, 4.69) is 15.9 Å². The lowest BCUT2D eigenvalue weighted by Gasteiger charge is -2.32. The van der Waals surface area contributed by atoms with Gasteiger partial charge in [-0.1, -0.05) is 15.9 Å². The maximum absolute atomic E-state index is 13.3. The summed E-state index contributed by atoms with van der Waals surface area (Å²) < 4.78 is 38.6. The average Bonchev–Trinajstić information content (AvgIpc) is 2.41. The molecule has 0 saturated carbocycles. The van der Waals surface area contributed by atoms with Crippen molar-refractivity contribution in [1.29, 1.82) is 0 Å². The molecule has 0 bridgehead atoms. The summed E-state index contributed by atoms with van der Waals surface area (Å²) >= 11 is 3.31. The molecule has 2 unspecified atom stereocenters. The molecule has 1 aromatic rings. The smallest absolute Gasteiger partial charge is 0.211 e. The van der Waals surface area contributed by atoms with E-state index in [9.17, 15) is 17.9 Å². The fourth-order valence-corrected chi connectivity index (χ4v) is 4.19. The Kier molecular flexibility index (Phi) is 5.40. The Bertz CT molecular complexity index is 608. The van der Waals surface area contributed by atoms with E-state index in [0.717, 1.165) is 12.8 Å². The number of halogens is 2. The standard InChI is InChI=1S/C14H19BrFNO3S/c1-21(19,20)17-6-2-3-10(9-17)7-14(18)12-8-11(16)4-5-13(12)15/h4-5,8,10,14,18H,2-3,6-7,9H2,1H3. The molecular formula is C14H19BrFNO3S.